The maximum absolute atomic E-state index is 6.07. The van der Waals surface area contributed by atoms with Crippen LogP contribution >= 0.6 is 23.2 Å². The van der Waals surface area contributed by atoms with Crippen molar-refractivity contribution in [3.05, 3.63) is 58.1 Å². The van der Waals surface area contributed by atoms with Crippen LogP contribution in [0.4, 0.5) is 5.69 Å². The third-order valence-corrected chi connectivity index (χ3v) is 3.14. The summed E-state index contributed by atoms with van der Waals surface area (Å²) in [4.78, 5) is 0. The Labute approximate surface area is 116 Å². The molecule has 0 aliphatic rings. The largest absolute Gasteiger partial charge is 0.489 e. The Balaban J connectivity index is 2.02. The van der Waals surface area contributed by atoms with E-state index in [2.05, 4.69) is 5.32 Å². The molecule has 0 aromatic heterocycles. The summed E-state index contributed by atoms with van der Waals surface area (Å²) in [7, 11) is 1.88. The van der Waals surface area contributed by atoms with Crippen LogP contribution in [0.2, 0.25) is 10.0 Å². The molecule has 0 saturated carbocycles. The fraction of sp³-hybridized carbons (Fsp3) is 0.143. The Hall–Kier alpha value is -1.38. The van der Waals surface area contributed by atoms with Gasteiger partial charge >= 0.3 is 0 Å². The predicted molar refractivity (Wildman–Crippen MR) is 76.8 cm³/mol. The Kier molecular flexibility index (Phi) is 4.34. The van der Waals surface area contributed by atoms with Gasteiger partial charge in [-0.25, -0.2) is 0 Å². The molecule has 0 aliphatic heterocycles. The van der Waals surface area contributed by atoms with Gasteiger partial charge in [-0.15, -0.1) is 0 Å². The van der Waals surface area contributed by atoms with Gasteiger partial charge in [-0.1, -0.05) is 29.3 Å². The molecule has 2 nitrogen and oxygen atoms in total. The number of hydrogen-bond donors (Lipinski definition) is 1. The summed E-state index contributed by atoms with van der Waals surface area (Å²) >= 11 is 11.9. The molecular weight excluding hydrogens is 269 g/mol. The van der Waals surface area contributed by atoms with Crippen molar-refractivity contribution < 1.29 is 4.74 Å². The van der Waals surface area contributed by atoms with E-state index in [0.717, 1.165) is 17.0 Å². The molecule has 2 aromatic carbocycles. The van der Waals surface area contributed by atoms with Gasteiger partial charge in [0.05, 0.1) is 0 Å². The zero-order valence-corrected chi connectivity index (χ0v) is 11.4. The first-order valence-corrected chi connectivity index (χ1v) is 6.29. The molecule has 0 spiro atoms. The number of rotatable bonds is 4. The number of halogens is 2. The van der Waals surface area contributed by atoms with E-state index in [1.54, 1.807) is 12.1 Å². The van der Waals surface area contributed by atoms with Crippen LogP contribution in [0.3, 0.4) is 0 Å². The molecule has 0 unspecified atom stereocenters. The molecule has 2 rings (SSSR count). The molecule has 0 radical (unpaired) electrons. The highest BCUT2D eigenvalue weighted by Gasteiger charge is 2.02. The number of ether oxygens (including phenoxy) is 1. The highest BCUT2D eigenvalue weighted by molar-refractivity contribution is 6.35. The molecule has 0 amide bonds. The SMILES string of the molecule is CNc1ccc(OCc2ccc(Cl)cc2Cl)cc1. The van der Waals surface area contributed by atoms with Gasteiger partial charge in [-0.05, 0) is 36.4 Å². The average Bonchev–Trinajstić information content (AvgIpc) is 2.38. The minimum absolute atomic E-state index is 0.425. The second-order valence-electron chi connectivity index (χ2n) is 3.80. The van der Waals surface area contributed by atoms with E-state index in [0.29, 0.717) is 16.7 Å². The Morgan fingerprint density at radius 1 is 1.06 bits per heavy atom. The number of benzene rings is 2. The molecule has 0 bridgehead atoms. The van der Waals surface area contributed by atoms with Gasteiger partial charge < -0.3 is 10.1 Å². The van der Waals surface area contributed by atoms with Gasteiger partial charge in [-0.2, -0.15) is 0 Å². The Morgan fingerprint density at radius 2 is 1.78 bits per heavy atom. The minimum atomic E-state index is 0.425. The molecule has 1 N–H and O–H groups in total. The van der Waals surface area contributed by atoms with Crippen molar-refractivity contribution in [1.82, 2.24) is 0 Å². The molecule has 2 aromatic rings. The smallest absolute Gasteiger partial charge is 0.119 e. The lowest BCUT2D eigenvalue weighted by Gasteiger charge is -2.08. The van der Waals surface area contributed by atoms with E-state index in [1.165, 1.54) is 0 Å². The number of anilines is 1. The van der Waals surface area contributed by atoms with Gasteiger partial charge in [0.25, 0.3) is 0 Å². The van der Waals surface area contributed by atoms with Crippen molar-refractivity contribution in [1.29, 1.82) is 0 Å². The molecule has 18 heavy (non-hydrogen) atoms. The molecule has 0 heterocycles. The second-order valence-corrected chi connectivity index (χ2v) is 4.64. The van der Waals surface area contributed by atoms with E-state index in [-0.39, 0.29) is 0 Å². The molecule has 0 saturated heterocycles. The molecule has 0 fully saturated rings. The zero-order chi connectivity index (χ0) is 13.0. The van der Waals surface area contributed by atoms with Crippen molar-refractivity contribution in [3.63, 3.8) is 0 Å². The van der Waals surface area contributed by atoms with E-state index in [1.807, 2.05) is 37.4 Å². The van der Waals surface area contributed by atoms with Crippen molar-refractivity contribution in [3.8, 4) is 5.75 Å². The summed E-state index contributed by atoms with van der Waals surface area (Å²) in [5.41, 5.74) is 1.96. The fourth-order valence-corrected chi connectivity index (χ4v) is 1.98. The first-order valence-electron chi connectivity index (χ1n) is 5.53. The summed E-state index contributed by atoms with van der Waals surface area (Å²) in [6, 6.07) is 13.1. The van der Waals surface area contributed by atoms with Crippen LogP contribution < -0.4 is 10.1 Å². The average molecular weight is 282 g/mol. The molecule has 4 heteroatoms. The quantitative estimate of drug-likeness (QED) is 0.883. The summed E-state index contributed by atoms with van der Waals surface area (Å²) in [5, 5.41) is 4.30. The maximum atomic E-state index is 6.07. The summed E-state index contributed by atoms with van der Waals surface area (Å²) in [5.74, 6) is 0.806. The van der Waals surface area contributed by atoms with Gasteiger partial charge in [0.2, 0.25) is 0 Å². The van der Waals surface area contributed by atoms with Crippen LogP contribution in [0.5, 0.6) is 5.75 Å². The van der Waals surface area contributed by atoms with Crippen LogP contribution in [-0.4, -0.2) is 7.05 Å². The van der Waals surface area contributed by atoms with Crippen molar-refractivity contribution in [2.24, 2.45) is 0 Å². The van der Waals surface area contributed by atoms with E-state index >= 15 is 0 Å². The van der Waals surface area contributed by atoms with Crippen LogP contribution in [0.1, 0.15) is 5.56 Å². The fourth-order valence-electron chi connectivity index (χ4n) is 1.52. The van der Waals surface area contributed by atoms with Gasteiger partial charge in [0, 0.05) is 28.3 Å². The van der Waals surface area contributed by atoms with Gasteiger partial charge in [0.1, 0.15) is 12.4 Å². The van der Waals surface area contributed by atoms with E-state index in [4.69, 9.17) is 27.9 Å². The highest BCUT2D eigenvalue weighted by atomic mass is 35.5. The van der Waals surface area contributed by atoms with Crippen LogP contribution in [0.25, 0.3) is 0 Å². The molecular formula is C14H13Cl2NO. The van der Waals surface area contributed by atoms with Crippen molar-refractivity contribution in [2.45, 2.75) is 6.61 Å². The van der Waals surface area contributed by atoms with Crippen LogP contribution in [-0.2, 0) is 6.61 Å². The maximum Gasteiger partial charge on any atom is 0.119 e. The minimum Gasteiger partial charge on any atom is -0.489 e. The molecule has 0 atom stereocenters. The van der Waals surface area contributed by atoms with Crippen molar-refractivity contribution in [2.75, 3.05) is 12.4 Å². The second kappa shape index (κ2) is 5.98. The Bertz CT molecular complexity index is 526. The molecule has 94 valence electrons. The van der Waals surface area contributed by atoms with Gasteiger partial charge in [0.15, 0.2) is 0 Å². The number of nitrogens with one attached hydrogen (secondary N) is 1. The predicted octanol–water partition coefficient (Wildman–Crippen LogP) is 4.61. The molecule has 0 aliphatic carbocycles. The highest BCUT2D eigenvalue weighted by Crippen LogP contribution is 2.23. The first-order chi connectivity index (χ1) is 8.69. The van der Waals surface area contributed by atoms with Gasteiger partial charge in [-0.3, -0.25) is 0 Å². The standard InChI is InChI=1S/C14H13Cl2NO/c1-17-12-4-6-13(7-5-12)18-9-10-2-3-11(15)8-14(10)16/h2-8,17H,9H2,1H3. The normalized spacial score (nSPS) is 10.2. The van der Waals surface area contributed by atoms with Crippen LogP contribution in [0, 0.1) is 0 Å². The Morgan fingerprint density at radius 3 is 2.39 bits per heavy atom. The number of hydrogen-bond acceptors (Lipinski definition) is 2. The third-order valence-electron chi connectivity index (χ3n) is 2.55. The lowest BCUT2D eigenvalue weighted by atomic mass is 10.2. The lowest BCUT2D eigenvalue weighted by Crippen LogP contribution is -1.96. The van der Waals surface area contributed by atoms with E-state index in [9.17, 15) is 0 Å². The summed E-state index contributed by atoms with van der Waals surface area (Å²) in [6.45, 7) is 0.425. The third kappa shape index (κ3) is 3.31. The van der Waals surface area contributed by atoms with Crippen LogP contribution in [0.15, 0.2) is 42.5 Å². The van der Waals surface area contributed by atoms with E-state index < -0.39 is 0 Å². The zero-order valence-electron chi connectivity index (χ0n) is 9.91. The topological polar surface area (TPSA) is 21.3 Å². The van der Waals surface area contributed by atoms with Crippen molar-refractivity contribution >= 4 is 28.9 Å². The lowest BCUT2D eigenvalue weighted by molar-refractivity contribution is 0.306. The summed E-state index contributed by atoms with van der Waals surface area (Å²) < 4.78 is 5.66. The summed E-state index contributed by atoms with van der Waals surface area (Å²) in [6.07, 6.45) is 0. The monoisotopic (exact) mass is 281 g/mol. The first kappa shape index (κ1) is 13.1.